The molecule has 0 radical (unpaired) electrons. The highest BCUT2D eigenvalue weighted by molar-refractivity contribution is 5.60. The average Bonchev–Trinajstić information content (AvgIpc) is 2.62. The number of aryl methyl sites for hydroxylation is 2. The summed E-state index contributed by atoms with van der Waals surface area (Å²) in [5.74, 6) is 0.549. The molecule has 1 aromatic rings. The van der Waals surface area contributed by atoms with Crippen LogP contribution in [0.5, 0.6) is 0 Å². The maximum Gasteiger partial charge on any atom is 0.333 e. The number of rotatable bonds is 7. The quantitative estimate of drug-likeness (QED) is 0.599. The fourth-order valence-electron chi connectivity index (χ4n) is 1.99. The first-order chi connectivity index (χ1) is 8.54. The summed E-state index contributed by atoms with van der Waals surface area (Å²) in [6.45, 7) is 8.55. The van der Waals surface area contributed by atoms with E-state index in [1.807, 2.05) is 6.92 Å². The third-order valence-electron chi connectivity index (χ3n) is 3.04. The number of hydrogen-bond donors (Lipinski definition) is 1. The molecule has 1 aromatic heterocycles. The zero-order valence-corrected chi connectivity index (χ0v) is 11.6. The minimum Gasteiger partial charge on any atom is -0.362 e. The van der Waals surface area contributed by atoms with Gasteiger partial charge >= 0.3 is 5.69 Å². The molecule has 18 heavy (non-hydrogen) atoms. The van der Waals surface area contributed by atoms with Crippen LogP contribution in [0.2, 0.25) is 0 Å². The van der Waals surface area contributed by atoms with Gasteiger partial charge in [0.2, 0.25) is 5.82 Å². The normalized spacial score (nSPS) is 10.9. The van der Waals surface area contributed by atoms with Gasteiger partial charge in [-0.1, -0.05) is 20.8 Å². The van der Waals surface area contributed by atoms with E-state index in [-0.39, 0.29) is 16.7 Å². The van der Waals surface area contributed by atoms with E-state index in [4.69, 9.17) is 0 Å². The van der Waals surface area contributed by atoms with E-state index in [9.17, 15) is 10.1 Å². The van der Waals surface area contributed by atoms with Crippen molar-refractivity contribution in [2.24, 2.45) is 0 Å². The van der Waals surface area contributed by atoms with Crippen LogP contribution in [0.1, 0.15) is 45.7 Å². The summed E-state index contributed by atoms with van der Waals surface area (Å²) in [6, 6.07) is 0.246. The van der Waals surface area contributed by atoms with E-state index in [2.05, 4.69) is 24.3 Å². The van der Waals surface area contributed by atoms with Crippen molar-refractivity contribution in [3.05, 3.63) is 15.8 Å². The van der Waals surface area contributed by atoms with Crippen LogP contribution in [0.15, 0.2) is 0 Å². The first-order valence-electron chi connectivity index (χ1n) is 6.53. The molecule has 0 saturated heterocycles. The highest BCUT2D eigenvalue weighted by Crippen LogP contribution is 2.29. The van der Waals surface area contributed by atoms with Gasteiger partial charge in [-0.2, -0.15) is 5.10 Å². The van der Waals surface area contributed by atoms with Gasteiger partial charge in [0.1, 0.15) is 5.69 Å². The van der Waals surface area contributed by atoms with Gasteiger partial charge in [0.05, 0.1) is 4.92 Å². The molecule has 0 atom stereocenters. The topological polar surface area (TPSA) is 73.0 Å². The Labute approximate surface area is 108 Å². The Hall–Kier alpha value is -1.59. The minimum atomic E-state index is -0.348. The van der Waals surface area contributed by atoms with Crippen LogP contribution in [0.4, 0.5) is 11.5 Å². The Morgan fingerprint density at radius 2 is 2.00 bits per heavy atom. The molecule has 1 N–H and O–H groups in total. The van der Waals surface area contributed by atoms with Gasteiger partial charge in [0.25, 0.3) is 0 Å². The maximum absolute atomic E-state index is 11.1. The molecule has 6 heteroatoms. The summed E-state index contributed by atoms with van der Waals surface area (Å²) in [4.78, 5) is 10.8. The molecule has 0 aromatic carbocycles. The molecule has 0 fully saturated rings. The van der Waals surface area contributed by atoms with E-state index in [0.29, 0.717) is 18.1 Å². The van der Waals surface area contributed by atoms with Gasteiger partial charge in [-0.25, -0.2) is 4.68 Å². The summed E-state index contributed by atoms with van der Waals surface area (Å²) in [5.41, 5.74) is 0.581. The van der Waals surface area contributed by atoms with Crippen molar-refractivity contribution < 1.29 is 4.92 Å². The second-order valence-electron chi connectivity index (χ2n) is 4.42. The molecule has 102 valence electrons. The lowest BCUT2D eigenvalue weighted by Gasteiger charge is -2.16. The second kappa shape index (κ2) is 6.37. The smallest absolute Gasteiger partial charge is 0.333 e. The minimum absolute atomic E-state index is 0.107. The van der Waals surface area contributed by atoms with E-state index >= 15 is 0 Å². The molecule has 6 nitrogen and oxygen atoms in total. The van der Waals surface area contributed by atoms with Crippen molar-refractivity contribution in [3.63, 3.8) is 0 Å². The fourth-order valence-corrected chi connectivity index (χ4v) is 1.99. The van der Waals surface area contributed by atoms with Gasteiger partial charge < -0.3 is 5.32 Å². The predicted octanol–water partition coefficient (Wildman–Crippen LogP) is 3.11. The Morgan fingerprint density at radius 3 is 2.44 bits per heavy atom. The molecule has 0 saturated carbocycles. The number of nitrogens with one attached hydrogen (secondary N) is 1. The van der Waals surface area contributed by atoms with Crippen molar-refractivity contribution in [1.29, 1.82) is 0 Å². The van der Waals surface area contributed by atoms with Crippen LogP contribution < -0.4 is 5.32 Å². The monoisotopic (exact) mass is 254 g/mol. The third kappa shape index (κ3) is 3.00. The van der Waals surface area contributed by atoms with E-state index in [0.717, 1.165) is 19.3 Å². The Kier molecular flexibility index (Phi) is 5.12. The lowest BCUT2D eigenvalue weighted by Crippen LogP contribution is -2.20. The van der Waals surface area contributed by atoms with E-state index in [1.54, 1.807) is 11.6 Å². The summed E-state index contributed by atoms with van der Waals surface area (Å²) in [7, 11) is 0. The molecule has 1 heterocycles. The van der Waals surface area contributed by atoms with Gasteiger partial charge in [-0.05, 0) is 26.2 Å². The Bertz CT molecular complexity index is 410. The standard InChI is InChI=1S/C12H22N4O2/c1-5-8-15-12(13-10(6-2)7-3)11(16(17)18)9(4)14-15/h10,13H,5-8H2,1-4H3. The first kappa shape index (κ1) is 14.5. The zero-order chi connectivity index (χ0) is 13.7. The van der Waals surface area contributed by atoms with Gasteiger partial charge in [0, 0.05) is 12.6 Å². The van der Waals surface area contributed by atoms with E-state index < -0.39 is 0 Å². The predicted molar refractivity (Wildman–Crippen MR) is 71.9 cm³/mol. The lowest BCUT2D eigenvalue weighted by atomic mass is 10.2. The number of nitro groups is 1. The molecule has 0 aliphatic heterocycles. The molecule has 0 aliphatic rings. The lowest BCUT2D eigenvalue weighted by molar-refractivity contribution is -0.384. The summed E-state index contributed by atoms with van der Waals surface area (Å²) >= 11 is 0. The van der Waals surface area contributed by atoms with Gasteiger partial charge in [-0.15, -0.1) is 0 Å². The first-order valence-corrected chi connectivity index (χ1v) is 6.53. The van der Waals surface area contributed by atoms with Crippen molar-refractivity contribution >= 4 is 11.5 Å². The highest BCUT2D eigenvalue weighted by Gasteiger charge is 2.26. The largest absolute Gasteiger partial charge is 0.362 e. The SMILES string of the molecule is CCCn1nc(C)c([N+](=O)[O-])c1NC(CC)CC. The molecule has 1 rings (SSSR count). The molecule has 0 amide bonds. The number of nitrogens with zero attached hydrogens (tertiary/aromatic N) is 3. The van der Waals surface area contributed by atoms with Crippen LogP contribution in [0, 0.1) is 17.0 Å². The van der Waals surface area contributed by atoms with Gasteiger partial charge in [0.15, 0.2) is 0 Å². The highest BCUT2D eigenvalue weighted by atomic mass is 16.6. The molecule has 0 unspecified atom stereocenters. The van der Waals surface area contributed by atoms with Crippen molar-refractivity contribution in [1.82, 2.24) is 9.78 Å². The summed E-state index contributed by atoms with van der Waals surface area (Å²) in [5, 5.41) is 18.6. The number of aromatic nitrogens is 2. The zero-order valence-electron chi connectivity index (χ0n) is 11.6. The van der Waals surface area contributed by atoms with E-state index in [1.165, 1.54) is 0 Å². The number of anilines is 1. The summed E-state index contributed by atoms with van der Waals surface area (Å²) in [6.07, 6.45) is 2.77. The number of hydrogen-bond acceptors (Lipinski definition) is 4. The van der Waals surface area contributed by atoms with Crippen LogP contribution in [-0.4, -0.2) is 20.7 Å². The van der Waals surface area contributed by atoms with Crippen LogP contribution in [0.25, 0.3) is 0 Å². The van der Waals surface area contributed by atoms with Crippen molar-refractivity contribution in [3.8, 4) is 0 Å². The fraction of sp³-hybridized carbons (Fsp3) is 0.750. The second-order valence-corrected chi connectivity index (χ2v) is 4.42. The Morgan fingerprint density at radius 1 is 1.39 bits per heavy atom. The van der Waals surface area contributed by atoms with Crippen molar-refractivity contribution in [2.75, 3.05) is 5.32 Å². The molecule has 0 spiro atoms. The van der Waals surface area contributed by atoms with Crippen LogP contribution >= 0.6 is 0 Å². The third-order valence-corrected chi connectivity index (χ3v) is 3.04. The van der Waals surface area contributed by atoms with Crippen LogP contribution in [-0.2, 0) is 6.54 Å². The maximum atomic E-state index is 11.1. The van der Waals surface area contributed by atoms with Crippen LogP contribution in [0.3, 0.4) is 0 Å². The van der Waals surface area contributed by atoms with Crippen molar-refractivity contribution in [2.45, 2.75) is 59.5 Å². The molecule has 0 bridgehead atoms. The molecular weight excluding hydrogens is 232 g/mol. The average molecular weight is 254 g/mol. The summed E-state index contributed by atoms with van der Waals surface area (Å²) < 4.78 is 1.71. The molecular formula is C12H22N4O2. The van der Waals surface area contributed by atoms with Gasteiger partial charge in [-0.3, -0.25) is 10.1 Å². The molecule has 0 aliphatic carbocycles. The Balaban J connectivity index is 3.14.